The lowest BCUT2D eigenvalue weighted by molar-refractivity contribution is -0.120. The van der Waals surface area contributed by atoms with Crippen LogP contribution in [0.2, 0.25) is 0 Å². The van der Waals surface area contributed by atoms with Gasteiger partial charge in [0.25, 0.3) is 5.91 Å². The number of carbonyl (C=O) groups excluding carboxylic acids is 2. The molecule has 0 aliphatic carbocycles. The third kappa shape index (κ3) is 3.23. The van der Waals surface area contributed by atoms with Crippen molar-refractivity contribution in [1.29, 1.82) is 0 Å². The molecule has 1 aliphatic heterocycles. The van der Waals surface area contributed by atoms with Gasteiger partial charge in [-0.25, -0.2) is 0 Å². The molecule has 1 aromatic heterocycles. The van der Waals surface area contributed by atoms with Crippen LogP contribution < -0.4 is 4.90 Å². The number of hydrogen-bond acceptors (Lipinski definition) is 3. The lowest BCUT2D eigenvalue weighted by Crippen LogP contribution is -2.52. The van der Waals surface area contributed by atoms with E-state index in [2.05, 4.69) is 4.98 Å². The molecule has 1 aliphatic rings. The van der Waals surface area contributed by atoms with E-state index in [1.807, 2.05) is 38.1 Å². The van der Waals surface area contributed by atoms with Crippen LogP contribution in [0.3, 0.4) is 0 Å². The van der Waals surface area contributed by atoms with Gasteiger partial charge in [-0.15, -0.1) is 0 Å². The Morgan fingerprint density at radius 3 is 2.39 bits per heavy atom. The summed E-state index contributed by atoms with van der Waals surface area (Å²) in [6, 6.07) is 11.4. The Morgan fingerprint density at radius 2 is 1.78 bits per heavy atom. The molecule has 5 nitrogen and oxygen atoms in total. The fourth-order valence-electron chi connectivity index (χ4n) is 2.62. The normalized spacial score (nSPS) is 15.0. The molecule has 0 spiro atoms. The first-order valence-corrected chi connectivity index (χ1v) is 7.63. The fourth-order valence-corrected chi connectivity index (χ4v) is 2.62. The van der Waals surface area contributed by atoms with Gasteiger partial charge in [0, 0.05) is 30.7 Å². The third-order valence-corrected chi connectivity index (χ3v) is 4.01. The molecule has 2 heterocycles. The molecule has 23 heavy (non-hydrogen) atoms. The third-order valence-electron chi connectivity index (χ3n) is 4.01. The maximum Gasteiger partial charge on any atom is 0.255 e. The number of piperazine rings is 1. The van der Waals surface area contributed by atoms with Crippen LogP contribution in [0.4, 0.5) is 5.69 Å². The molecule has 0 radical (unpaired) electrons. The summed E-state index contributed by atoms with van der Waals surface area (Å²) in [7, 11) is 0. The van der Waals surface area contributed by atoms with Gasteiger partial charge in [0.1, 0.15) is 6.54 Å². The summed E-state index contributed by atoms with van der Waals surface area (Å²) in [6.07, 6.45) is 1.56. The molecule has 118 valence electrons. The van der Waals surface area contributed by atoms with Crippen LogP contribution in [0.1, 0.15) is 21.6 Å². The number of nitrogens with zero attached hydrogens (tertiary/aromatic N) is 3. The molecule has 1 saturated heterocycles. The maximum absolute atomic E-state index is 12.5. The van der Waals surface area contributed by atoms with E-state index >= 15 is 0 Å². The molecule has 0 atom stereocenters. The highest BCUT2D eigenvalue weighted by Crippen LogP contribution is 2.19. The fraction of sp³-hybridized carbons (Fsp3) is 0.278. The summed E-state index contributed by atoms with van der Waals surface area (Å²) in [5.74, 6) is -0.206. The lowest BCUT2D eigenvalue weighted by Gasteiger charge is -2.34. The van der Waals surface area contributed by atoms with E-state index in [0.717, 1.165) is 16.9 Å². The SMILES string of the molecule is Cc1ccc(N2CCN(C(=O)c3ccc(C)nc3)CC2=O)cc1. The van der Waals surface area contributed by atoms with Crippen molar-refractivity contribution in [1.82, 2.24) is 9.88 Å². The number of hydrogen-bond donors (Lipinski definition) is 0. The Balaban J connectivity index is 1.70. The van der Waals surface area contributed by atoms with Crippen molar-refractivity contribution in [3.05, 3.63) is 59.4 Å². The first-order chi connectivity index (χ1) is 11.0. The highest BCUT2D eigenvalue weighted by atomic mass is 16.2. The summed E-state index contributed by atoms with van der Waals surface area (Å²) >= 11 is 0. The van der Waals surface area contributed by atoms with E-state index in [-0.39, 0.29) is 18.4 Å². The zero-order chi connectivity index (χ0) is 16.4. The maximum atomic E-state index is 12.5. The van der Waals surface area contributed by atoms with Crippen LogP contribution in [0.25, 0.3) is 0 Å². The van der Waals surface area contributed by atoms with Crippen LogP contribution in [-0.4, -0.2) is 41.3 Å². The first kappa shape index (κ1) is 15.2. The molecule has 5 heteroatoms. The van der Waals surface area contributed by atoms with Crippen LogP contribution in [-0.2, 0) is 4.79 Å². The van der Waals surface area contributed by atoms with Crippen molar-refractivity contribution >= 4 is 17.5 Å². The standard InChI is InChI=1S/C18H19N3O2/c1-13-3-7-16(8-4-13)21-10-9-20(12-17(21)22)18(23)15-6-5-14(2)19-11-15/h3-8,11H,9-10,12H2,1-2H3. The minimum Gasteiger partial charge on any atom is -0.327 e. The van der Waals surface area contributed by atoms with Gasteiger partial charge in [-0.2, -0.15) is 0 Å². The second-order valence-electron chi connectivity index (χ2n) is 5.80. The molecule has 0 unspecified atom stereocenters. The summed E-state index contributed by atoms with van der Waals surface area (Å²) in [4.78, 5) is 32.3. The number of aromatic nitrogens is 1. The van der Waals surface area contributed by atoms with Gasteiger partial charge in [0.05, 0.1) is 5.56 Å². The zero-order valence-electron chi connectivity index (χ0n) is 13.3. The van der Waals surface area contributed by atoms with Crippen molar-refractivity contribution in [3.8, 4) is 0 Å². The topological polar surface area (TPSA) is 53.5 Å². The molecule has 1 fully saturated rings. The van der Waals surface area contributed by atoms with E-state index in [9.17, 15) is 9.59 Å². The van der Waals surface area contributed by atoms with E-state index < -0.39 is 0 Å². The number of anilines is 1. The highest BCUT2D eigenvalue weighted by molar-refractivity contribution is 6.01. The summed E-state index contributed by atoms with van der Waals surface area (Å²) in [6.45, 7) is 5.01. The van der Waals surface area contributed by atoms with Crippen molar-refractivity contribution in [2.24, 2.45) is 0 Å². The molecule has 0 N–H and O–H groups in total. The monoisotopic (exact) mass is 309 g/mol. The smallest absolute Gasteiger partial charge is 0.255 e. The number of carbonyl (C=O) groups is 2. The van der Waals surface area contributed by atoms with Gasteiger partial charge in [0.2, 0.25) is 5.91 Å². The second kappa shape index (κ2) is 6.20. The van der Waals surface area contributed by atoms with Crippen LogP contribution in [0.15, 0.2) is 42.6 Å². The second-order valence-corrected chi connectivity index (χ2v) is 5.80. The molecule has 0 saturated carbocycles. The average Bonchev–Trinajstić information content (AvgIpc) is 2.56. The van der Waals surface area contributed by atoms with Crippen molar-refractivity contribution in [3.63, 3.8) is 0 Å². The number of rotatable bonds is 2. The molecule has 2 amide bonds. The summed E-state index contributed by atoms with van der Waals surface area (Å²) in [5.41, 5.74) is 3.42. The van der Waals surface area contributed by atoms with Crippen LogP contribution >= 0.6 is 0 Å². The first-order valence-electron chi connectivity index (χ1n) is 7.63. The van der Waals surface area contributed by atoms with Gasteiger partial charge >= 0.3 is 0 Å². The number of benzene rings is 1. The minimum absolute atomic E-state index is 0.0616. The predicted octanol–water partition coefficient (Wildman–Crippen LogP) is 2.19. The molecule has 0 bridgehead atoms. The molecule has 1 aromatic carbocycles. The van der Waals surface area contributed by atoms with Crippen LogP contribution in [0, 0.1) is 13.8 Å². The Kier molecular flexibility index (Phi) is 4.10. The van der Waals surface area contributed by atoms with Gasteiger partial charge in [0.15, 0.2) is 0 Å². The van der Waals surface area contributed by atoms with Crippen molar-refractivity contribution < 1.29 is 9.59 Å². The molecule has 3 rings (SSSR count). The zero-order valence-corrected chi connectivity index (χ0v) is 13.3. The lowest BCUT2D eigenvalue weighted by atomic mass is 10.1. The number of pyridine rings is 1. The summed E-state index contributed by atoms with van der Waals surface area (Å²) in [5, 5.41) is 0. The van der Waals surface area contributed by atoms with Gasteiger partial charge in [-0.3, -0.25) is 14.6 Å². The van der Waals surface area contributed by atoms with E-state index in [1.54, 1.807) is 28.1 Å². The number of aryl methyl sites for hydroxylation is 2. The Bertz CT molecular complexity index is 723. The molecule has 2 aromatic rings. The van der Waals surface area contributed by atoms with Crippen molar-refractivity contribution in [2.45, 2.75) is 13.8 Å². The predicted molar refractivity (Wildman–Crippen MR) is 88.4 cm³/mol. The molecular weight excluding hydrogens is 290 g/mol. The average molecular weight is 309 g/mol. The molecular formula is C18H19N3O2. The van der Waals surface area contributed by atoms with E-state index in [1.165, 1.54) is 0 Å². The summed E-state index contributed by atoms with van der Waals surface area (Å²) < 4.78 is 0. The highest BCUT2D eigenvalue weighted by Gasteiger charge is 2.28. The van der Waals surface area contributed by atoms with Gasteiger partial charge in [-0.1, -0.05) is 17.7 Å². The number of amides is 2. The van der Waals surface area contributed by atoms with Crippen molar-refractivity contribution in [2.75, 3.05) is 24.5 Å². The minimum atomic E-state index is -0.144. The quantitative estimate of drug-likeness (QED) is 0.854. The van der Waals surface area contributed by atoms with E-state index in [0.29, 0.717) is 18.7 Å². The van der Waals surface area contributed by atoms with Gasteiger partial charge < -0.3 is 9.80 Å². The van der Waals surface area contributed by atoms with Gasteiger partial charge in [-0.05, 0) is 38.1 Å². The van der Waals surface area contributed by atoms with E-state index in [4.69, 9.17) is 0 Å². The Hall–Kier alpha value is -2.69. The largest absolute Gasteiger partial charge is 0.327 e. The van der Waals surface area contributed by atoms with Crippen LogP contribution in [0.5, 0.6) is 0 Å². The Labute approximate surface area is 135 Å². The Morgan fingerprint density at radius 1 is 1.04 bits per heavy atom.